The standard InChI is InChI=1S/C17H17N3O4S/c1-12-5-2-3-6-14(12)10-25-11-16(21)18-19-17(22)13-7-4-8-15(9-13)20(23)24/h2-9H,10-11H2,1H3,(H,18,21)(H,19,22). The molecule has 25 heavy (non-hydrogen) atoms. The molecule has 0 heterocycles. The second kappa shape index (κ2) is 8.84. The number of nitro benzene ring substituents is 1. The molecular formula is C17H17N3O4S. The maximum atomic E-state index is 11.9. The Bertz CT molecular complexity index is 795. The summed E-state index contributed by atoms with van der Waals surface area (Å²) < 4.78 is 0. The fourth-order valence-electron chi connectivity index (χ4n) is 2.02. The first-order valence-electron chi connectivity index (χ1n) is 7.43. The van der Waals surface area contributed by atoms with Gasteiger partial charge in [0.05, 0.1) is 10.7 Å². The van der Waals surface area contributed by atoms with E-state index < -0.39 is 10.8 Å². The monoisotopic (exact) mass is 359 g/mol. The molecule has 2 aromatic rings. The molecule has 0 unspecified atom stereocenters. The molecule has 0 saturated heterocycles. The third-order valence-electron chi connectivity index (χ3n) is 3.39. The van der Waals surface area contributed by atoms with Crippen molar-refractivity contribution in [3.8, 4) is 0 Å². The topological polar surface area (TPSA) is 101 Å². The molecular weight excluding hydrogens is 342 g/mol. The molecule has 0 atom stereocenters. The number of nitro groups is 1. The van der Waals surface area contributed by atoms with Gasteiger partial charge in [0, 0.05) is 23.4 Å². The van der Waals surface area contributed by atoms with E-state index in [0.717, 1.165) is 17.2 Å². The Hall–Kier alpha value is -2.87. The number of thioether (sulfide) groups is 1. The zero-order valence-electron chi connectivity index (χ0n) is 13.5. The second-order valence-corrected chi connectivity index (χ2v) is 6.21. The van der Waals surface area contributed by atoms with Gasteiger partial charge in [-0.25, -0.2) is 0 Å². The molecule has 0 aliphatic carbocycles. The molecule has 2 aromatic carbocycles. The van der Waals surface area contributed by atoms with Crippen LogP contribution in [0, 0.1) is 17.0 Å². The van der Waals surface area contributed by atoms with Crippen molar-refractivity contribution in [2.24, 2.45) is 0 Å². The van der Waals surface area contributed by atoms with Crippen molar-refractivity contribution in [3.05, 3.63) is 75.3 Å². The van der Waals surface area contributed by atoms with Crippen molar-refractivity contribution in [2.45, 2.75) is 12.7 Å². The van der Waals surface area contributed by atoms with Gasteiger partial charge < -0.3 is 0 Å². The Morgan fingerprint density at radius 2 is 1.88 bits per heavy atom. The van der Waals surface area contributed by atoms with Crippen molar-refractivity contribution in [3.63, 3.8) is 0 Å². The average molecular weight is 359 g/mol. The molecule has 2 rings (SSSR count). The third-order valence-corrected chi connectivity index (χ3v) is 4.37. The number of aryl methyl sites for hydroxylation is 1. The van der Waals surface area contributed by atoms with E-state index in [9.17, 15) is 19.7 Å². The SMILES string of the molecule is Cc1ccccc1CSCC(=O)NNC(=O)c1cccc([N+](=O)[O-])c1. The highest BCUT2D eigenvalue weighted by atomic mass is 32.2. The summed E-state index contributed by atoms with van der Waals surface area (Å²) in [7, 11) is 0. The quantitative estimate of drug-likeness (QED) is 0.610. The normalized spacial score (nSPS) is 10.1. The first kappa shape index (κ1) is 18.5. The summed E-state index contributed by atoms with van der Waals surface area (Å²) in [5.41, 5.74) is 6.78. The summed E-state index contributed by atoms with van der Waals surface area (Å²) in [5.74, 6) is -0.0824. The van der Waals surface area contributed by atoms with E-state index in [2.05, 4.69) is 10.9 Å². The summed E-state index contributed by atoms with van der Waals surface area (Å²) >= 11 is 1.43. The third kappa shape index (κ3) is 5.61. The number of hydrazine groups is 1. The van der Waals surface area contributed by atoms with Crippen LogP contribution >= 0.6 is 11.8 Å². The number of rotatable bonds is 6. The molecule has 7 nitrogen and oxygen atoms in total. The van der Waals surface area contributed by atoms with E-state index in [0.29, 0.717) is 5.75 Å². The second-order valence-electron chi connectivity index (χ2n) is 5.23. The summed E-state index contributed by atoms with van der Waals surface area (Å²) in [5, 5.41) is 10.7. The van der Waals surface area contributed by atoms with Crippen LogP contribution in [0.1, 0.15) is 21.5 Å². The molecule has 0 saturated carbocycles. The summed E-state index contributed by atoms with van der Waals surface area (Å²) in [4.78, 5) is 33.8. The Balaban J connectivity index is 1.78. The highest BCUT2D eigenvalue weighted by Crippen LogP contribution is 2.15. The number of hydrogen-bond donors (Lipinski definition) is 2. The van der Waals surface area contributed by atoms with Crippen LogP contribution in [0.2, 0.25) is 0 Å². The van der Waals surface area contributed by atoms with Gasteiger partial charge in [-0.1, -0.05) is 30.3 Å². The molecule has 0 radical (unpaired) electrons. The van der Waals surface area contributed by atoms with Gasteiger partial charge in [-0.05, 0) is 24.1 Å². The number of amides is 2. The van der Waals surface area contributed by atoms with Gasteiger partial charge in [0.25, 0.3) is 11.6 Å². The Morgan fingerprint density at radius 3 is 2.60 bits per heavy atom. The predicted molar refractivity (Wildman–Crippen MR) is 96.0 cm³/mol. The highest BCUT2D eigenvalue weighted by Gasteiger charge is 2.12. The van der Waals surface area contributed by atoms with Crippen LogP contribution in [0.5, 0.6) is 0 Å². The Kier molecular flexibility index (Phi) is 6.53. The Labute approximate surface area is 148 Å². The van der Waals surface area contributed by atoms with E-state index in [1.54, 1.807) is 0 Å². The minimum Gasteiger partial charge on any atom is -0.272 e. The fraction of sp³-hybridized carbons (Fsp3) is 0.176. The number of non-ortho nitro benzene ring substituents is 1. The van der Waals surface area contributed by atoms with Crippen LogP contribution in [0.25, 0.3) is 0 Å². The van der Waals surface area contributed by atoms with Gasteiger partial charge in [-0.3, -0.25) is 30.6 Å². The van der Waals surface area contributed by atoms with Crippen molar-refractivity contribution in [2.75, 3.05) is 5.75 Å². The molecule has 2 amide bonds. The lowest BCUT2D eigenvalue weighted by Crippen LogP contribution is -2.42. The number of carbonyl (C=O) groups is 2. The zero-order valence-corrected chi connectivity index (χ0v) is 14.3. The van der Waals surface area contributed by atoms with Crippen LogP contribution in [-0.4, -0.2) is 22.5 Å². The number of nitrogens with one attached hydrogen (secondary N) is 2. The summed E-state index contributed by atoms with van der Waals surface area (Å²) in [6.07, 6.45) is 0. The van der Waals surface area contributed by atoms with Crippen molar-refractivity contribution >= 4 is 29.3 Å². The molecule has 0 aliphatic heterocycles. The van der Waals surface area contributed by atoms with Gasteiger partial charge in [0.1, 0.15) is 0 Å². The molecule has 0 fully saturated rings. The molecule has 130 valence electrons. The Morgan fingerprint density at radius 1 is 1.12 bits per heavy atom. The van der Waals surface area contributed by atoms with E-state index in [4.69, 9.17) is 0 Å². The van der Waals surface area contributed by atoms with E-state index in [-0.39, 0.29) is 22.9 Å². The largest absolute Gasteiger partial charge is 0.272 e. The maximum Gasteiger partial charge on any atom is 0.270 e. The van der Waals surface area contributed by atoms with Crippen molar-refractivity contribution in [1.82, 2.24) is 10.9 Å². The van der Waals surface area contributed by atoms with E-state index in [1.165, 1.54) is 30.0 Å². The fourth-order valence-corrected chi connectivity index (χ4v) is 2.92. The van der Waals surface area contributed by atoms with Gasteiger partial charge in [0.2, 0.25) is 5.91 Å². The molecule has 0 bridgehead atoms. The number of nitrogens with zero attached hydrogens (tertiary/aromatic N) is 1. The number of benzene rings is 2. The van der Waals surface area contributed by atoms with Crippen molar-refractivity contribution in [1.29, 1.82) is 0 Å². The van der Waals surface area contributed by atoms with Gasteiger partial charge >= 0.3 is 0 Å². The van der Waals surface area contributed by atoms with Crippen LogP contribution < -0.4 is 10.9 Å². The minimum atomic E-state index is -0.610. The van der Waals surface area contributed by atoms with Crippen LogP contribution in [0.4, 0.5) is 5.69 Å². The van der Waals surface area contributed by atoms with Gasteiger partial charge in [-0.15, -0.1) is 11.8 Å². The van der Waals surface area contributed by atoms with Gasteiger partial charge in [0.15, 0.2) is 0 Å². The predicted octanol–water partition coefficient (Wildman–Crippen LogP) is 2.60. The van der Waals surface area contributed by atoms with Crippen LogP contribution in [0.15, 0.2) is 48.5 Å². The van der Waals surface area contributed by atoms with Crippen LogP contribution in [0.3, 0.4) is 0 Å². The van der Waals surface area contributed by atoms with E-state index in [1.807, 2.05) is 31.2 Å². The first-order chi connectivity index (χ1) is 12.0. The lowest BCUT2D eigenvalue weighted by Gasteiger charge is -2.08. The molecule has 2 N–H and O–H groups in total. The zero-order chi connectivity index (χ0) is 18.2. The van der Waals surface area contributed by atoms with Gasteiger partial charge in [-0.2, -0.15) is 0 Å². The smallest absolute Gasteiger partial charge is 0.270 e. The van der Waals surface area contributed by atoms with Crippen LogP contribution in [-0.2, 0) is 10.5 Å². The number of carbonyl (C=O) groups excluding carboxylic acids is 2. The molecule has 0 aliphatic rings. The lowest BCUT2D eigenvalue weighted by molar-refractivity contribution is -0.384. The molecule has 0 spiro atoms. The van der Waals surface area contributed by atoms with E-state index >= 15 is 0 Å². The maximum absolute atomic E-state index is 11.9. The first-order valence-corrected chi connectivity index (χ1v) is 8.58. The van der Waals surface area contributed by atoms with Crippen molar-refractivity contribution < 1.29 is 14.5 Å². The highest BCUT2D eigenvalue weighted by molar-refractivity contribution is 7.99. The molecule has 8 heteroatoms. The molecule has 0 aromatic heterocycles. The lowest BCUT2D eigenvalue weighted by atomic mass is 10.1. The minimum absolute atomic E-state index is 0.0991. The average Bonchev–Trinajstić information content (AvgIpc) is 2.61. The summed E-state index contributed by atoms with van der Waals surface area (Å²) in [6.45, 7) is 2.01. The number of hydrogen-bond acceptors (Lipinski definition) is 5. The summed E-state index contributed by atoms with van der Waals surface area (Å²) in [6, 6.07) is 13.2.